The highest BCUT2D eigenvalue weighted by molar-refractivity contribution is 6.02. The van der Waals surface area contributed by atoms with E-state index < -0.39 is 18.2 Å². The first-order chi connectivity index (χ1) is 14.9. The Balaban J connectivity index is 1.71. The van der Waals surface area contributed by atoms with Gasteiger partial charge in [0.2, 0.25) is 0 Å². The molecule has 0 saturated heterocycles. The lowest BCUT2D eigenvalue weighted by atomic mass is 9.92. The highest BCUT2D eigenvalue weighted by atomic mass is 16.5. The molecule has 6 heteroatoms. The zero-order chi connectivity index (χ0) is 22.0. The number of fused-ring (bicyclic) bond motifs is 1. The molecule has 1 amide bonds. The first-order valence-corrected chi connectivity index (χ1v) is 10.0. The number of anilines is 1. The molecule has 1 aliphatic rings. The molecule has 158 valence electrons. The van der Waals surface area contributed by atoms with Gasteiger partial charge < -0.3 is 24.9 Å². The summed E-state index contributed by atoms with van der Waals surface area (Å²) < 4.78 is 5.19. The SMILES string of the molecule is Cc1ccc(CN2C(=O)c3ccccc3N[C@]2(C)c2ccc(OCC(=O)[O-])cc2)cc1. The monoisotopic (exact) mass is 415 g/mol. The van der Waals surface area contributed by atoms with Crippen LogP contribution in [-0.2, 0) is 17.0 Å². The zero-order valence-electron chi connectivity index (χ0n) is 17.4. The van der Waals surface area contributed by atoms with E-state index in [4.69, 9.17) is 4.74 Å². The number of aliphatic carboxylic acids is 1. The highest BCUT2D eigenvalue weighted by Crippen LogP contribution is 2.39. The van der Waals surface area contributed by atoms with E-state index in [1.54, 1.807) is 12.1 Å². The third-order valence-electron chi connectivity index (χ3n) is 5.55. The van der Waals surface area contributed by atoms with Gasteiger partial charge in [0, 0.05) is 12.2 Å². The van der Waals surface area contributed by atoms with Crippen molar-refractivity contribution < 1.29 is 19.4 Å². The number of hydrogen-bond donors (Lipinski definition) is 1. The van der Waals surface area contributed by atoms with Crippen LogP contribution in [0.2, 0.25) is 0 Å². The average molecular weight is 415 g/mol. The molecule has 3 aromatic rings. The summed E-state index contributed by atoms with van der Waals surface area (Å²) in [6.07, 6.45) is 0. The molecule has 0 radical (unpaired) electrons. The second-order valence-electron chi connectivity index (χ2n) is 7.80. The van der Waals surface area contributed by atoms with Gasteiger partial charge in [0.05, 0.1) is 11.5 Å². The Hall–Kier alpha value is -3.80. The number of rotatable bonds is 6. The van der Waals surface area contributed by atoms with Crippen molar-refractivity contribution in [1.29, 1.82) is 0 Å². The average Bonchev–Trinajstić information content (AvgIpc) is 2.77. The van der Waals surface area contributed by atoms with Crippen LogP contribution < -0.4 is 15.2 Å². The van der Waals surface area contributed by atoms with Crippen LogP contribution >= 0.6 is 0 Å². The van der Waals surface area contributed by atoms with E-state index >= 15 is 0 Å². The number of ether oxygens (including phenoxy) is 1. The van der Waals surface area contributed by atoms with Crippen molar-refractivity contribution in [3.63, 3.8) is 0 Å². The lowest BCUT2D eigenvalue weighted by molar-refractivity contribution is -0.307. The predicted octanol–water partition coefficient (Wildman–Crippen LogP) is 3.06. The second-order valence-corrected chi connectivity index (χ2v) is 7.80. The second kappa shape index (κ2) is 8.14. The summed E-state index contributed by atoms with van der Waals surface area (Å²) in [5.74, 6) is -0.921. The predicted molar refractivity (Wildman–Crippen MR) is 115 cm³/mol. The lowest BCUT2D eigenvalue weighted by Crippen LogP contribution is -2.55. The molecule has 0 saturated carbocycles. The lowest BCUT2D eigenvalue weighted by Gasteiger charge is -2.47. The zero-order valence-corrected chi connectivity index (χ0v) is 17.4. The number of carboxylic acids is 1. The van der Waals surface area contributed by atoms with Gasteiger partial charge in [0.15, 0.2) is 0 Å². The Kier molecular flexibility index (Phi) is 5.38. The van der Waals surface area contributed by atoms with E-state index in [1.807, 2.05) is 79.4 Å². The summed E-state index contributed by atoms with van der Waals surface area (Å²) in [5, 5.41) is 14.2. The maximum absolute atomic E-state index is 13.5. The van der Waals surface area contributed by atoms with Crippen molar-refractivity contribution in [2.24, 2.45) is 0 Å². The van der Waals surface area contributed by atoms with Crippen LogP contribution in [-0.4, -0.2) is 23.4 Å². The van der Waals surface area contributed by atoms with Gasteiger partial charge in [-0.2, -0.15) is 0 Å². The van der Waals surface area contributed by atoms with Gasteiger partial charge in [-0.1, -0.05) is 54.1 Å². The van der Waals surface area contributed by atoms with Crippen LogP contribution in [0.15, 0.2) is 72.8 Å². The molecule has 0 fully saturated rings. The first-order valence-electron chi connectivity index (χ1n) is 10.0. The topological polar surface area (TPSA) is 81.7 Å². The normalized spacial score (nSPS) is 17.6. The summed E-state index contributed by atoms with van der Waals surface area (Å²) in [6.45, 7) is 3.91. The van der Waals surface area contributed by atoms with E-state index in [2.05, 4.69) is 5.32 Å². The van der Waals surface area contributed by atoms with Crippen molar-refractivity contribution in [2.45, 2.75) is 26.1 Å². The smallest absolute Gasteiger partial charge is 0.258 e. The fraction of sp³-hybridized carbons (Fsp3) is 0.200. The number of benzene rings is 3. The maximum Gasteiger partial charge on any atom is 0.258 e. The molecule has 6 nitrogen and oxygen atoms in total. The number of hydrogen-bond acceptors (Lipinski definition) is 5. The number of nitrogens with one attached hydrogen (secondary N) is 1. The van der Waals surface area contributed by atoms with Crippen molar-refractivity contribution in [3.8, 4) is 5.75 Å². The maximum atomic E-state index is 13.5. The van der Waals surface area contributed by atoms with Crippen LogP contribution in [0.1, 0.15) is 34.0 Å². The van der Waals surface area contributed by atoms with Gasteiger partial charge in [0.25, 0.3) is 5.91 Å². The van der Waals surface area contributed by atoms with Crippen LogP contribution in [0.5, 0.6) is 5.75 Å². The number of aryl methyl sites for hydroxylation is 1. The third-order valence-corrected chi connectivity index (χ3v) is 5.55. The molecule has 1 heterocycles. The van der Waals surface area contributed by atoms with Gasteiger partial charge in [-0.05, 0) is 49.2 Å². The standard InChI is InChI=1S/C25H24N2O4/c1-17-7-9-18(10-8-17)15-27-24(30)21-5-3-4-6-22(21)26-25(27,2)19-11-13-20(14-12-19)31-16-23(28)29/h3-14,26H,15-16H2,1-2H3,(H,28,29)/p-1/t25-/m0/s1. The largest absolute Gasteiger partial charge is 0.546 e. The quantitative estimate of drug-likeness (QED) is 0.669. The Morgan fingerprint density at radius 2 is 1.71 bits per heavy atom. The molecule has 0 aliphatic carbocycles. The van der Waals surface area contributed by atoms with E-state index in [0.29, 0.717) is 17.9 Å². The number of nitrogens with zero attached hydrogens (tertiary/aromatic N) is 1. The molecule has 0 spiro atoms. The minimum atomic E-state index is -1.28. The van der Waals surface area contributed by atoms with Gasteiger partial charge in [-0.3, -0.25) is 4.79 Å². The van der Waals surface area contributed by atoms with Crippen molar-refractivity contribution in [2.75, 3.05) is 11.9 Å². The van der Waals surface area contributed by atoms with Crippen molar-refractivity contribution in [1.82, 2.24) is 4.90 Å². The van der Waals surface area contributed by atoms with Crippen molar-refractivity contribution in [3.05, 3.63) is 95.1 Å². The highest BCUT2D eigenvalue weighted by Gasteiger charge is 2.42. The molecule has 3 aromatic carbocycles. The van der Waals surface area contributed by atoms with Gasteiger partial charge in [0.1, 0.15) is 18.0 Å². The Labute approximate surface area is 181 Å². The molecule has 1 aliphatic heterocycles. The Morgan fingerprint density at radius 3 is 2.39 bits per heavy atom. The van der Waals surface area contributed by atoms with Gasteiger partial charge in [-0.15, -0.1) is 0 Å². The summed E-state index contributed by atoms with van der Waals surface area (Å²) >= 11 is 0. The first kappa shape index (κ1) is 20.5. The molecule has 0 aromatic heterocycles. The number of para-hydroxylation sites is 1. The summed E-state index contributed by atoms with van der Waals surface area (Å²) in [6, 6.07) is 22.6. The fourth-order valence-corrected chi connectivity index (χ4v) is 3.81. The summed E-state index contributed by atoms with van der Waals surface area (Å²) in [5.41, 5.74) is 3.62. The number of amides is 1. The molecule has 1 N–H and O–H groups in total. The van der Waals surface area contributed by atoms with Crippen LogP contribution in [0.4, 0.5) is 5.69 Å². The van der Waals surface area contributed by atoms with Crippen LogP contribution in [0, 0.1) is 6.92 Å². The molecule has 31 heavy (non-hydrogen) atoms. The summed E-state index contributed by atoms with van der Waals surface area (Å²) in [4.78, 5) is 26.0. The Morgan fingerprint density at radius 1 is 1.03 bits per heavy atom. The Bertz CT molecular complexity index is 1110. The van der Waals surface area contributed by atoms with E-state index in [9.17, 15) is 14.7 Å². The van der Waals surface area contributed by atoms with Crippen LogP contribution in [0.25, 0.3) is 0 Å². The van der Waals surface area contributed by atoms with Crippen molar-refractivity contribution >= 4 is 17.6 Å². The van der Waals surface area contributed by atoms with Crippen LogP contribution in [0.3, 0.4) is 0 Å². The molecule has 4 rings (SSSR count). The molecular formula is C25H23N2O4-. The fourth-order valence-electron chi connectivity index (χ4n) is 3.81. The third kappa shape index (κ3) is 4.10. The summed E-state index contributed by atoms with van der Waals surface area (Å²) in [7, 11) is 0. The minimum Gasteiger partial charge on any atom is -0.546 e. The van der Waals surface area contributed by atoms with E-state index in [0.717, 1.165) is 22.4 Å². The molecular weight excluding hydrogens is 392 g/mol. The minimum absolute atomic E-state index is 0.0605. The number of carboxylic acid groups (broad SMARTS) is 1. The molecule has 0 unspecified atom stereocenters. The number of carbonyl (C=O) groups excluding carboxylic acids is 2. The molecule has 1 atom stereocenters. The van der Waals surface area contributed by atoms with E-state index in [-0.39, 0.29) is 5.91 Å². The van der Waals surface area contributed by atoms with Gasteiger partial charge >= 0.3 is 0 Å². The van der Waals surface area contributed by atoms with Gasteiger partial charge in [-0.25, -0.2) is 0 Å². The number of carbonyl (C=O) groups is 2. The molecule has 0 bridgehead atoms. The van der Waals surface area contributed by atoms with E-state index in [1.165, 1.54) is 0 Å².